The predicted molar refractivity (Wildman–Crippen MR) is 86.0 cm³/mol. The molecule has 0 N–H and O–H groups in total. The maximum atomic E-state index is 12.4. The Labute approximate surface area is 136 Å². The number of rotatable bonds is 6. The molecule has 0 radical (unpaired) electrons. The minimum Gasteiger partial charge on any atom is -0.361 e. The van der Waals surface area contributed by atoms with Gasteiger partial charge < -0.3 is 9.42 Å². The van der Waals surface area contributed by atoms with Crippen molar-refractivity contribution >= 4 is 5.91 Å². The van der Waals surface area contributed by atoms with Gasteiger partial charge in [0, 0.05) is 24.7 Å². The Kier molecular flexibility index (Phi) is 4.24. The van der Waals surface area contributed by atoms with Gasteiger partial charge in [-0.15, -0.1) is 0 Å². The zero-order valence-electron chi connectivity index (χ0n) is 14.3. The number of carbonyl (C=O) groups is 1. The molecule has 0 bridgehead atoms. The van der Waals surface area contributed by atoms with E-state index in [0.29, 0.717) is 12.5 Å². The Hall–Kier alpha value is -2.11. The van der Waals surface area contributed by atoms with Crippen LogP contribution in [0.25, 0.3) is 0 Å². The van der Waals surface area contributed by atoms with Crippen molar-refractivity contribution in [1.29, 1.82) is 0 Å². The van der Waals surface area contributed by atoms with E-state index in [0.717, 1.165) is 29.3 Å². The quantitative estimate of drug-likeness (QED) is 0.821. The minimum atomic E-state index is 0.0224. The highest BCUT2D eigenvalue weighted by Crippen LogP contribution is 2.40. The Morgan fingerprint density at radius 1 is 1.43 bits per heavy atom. The smallest absolute Gasteiger partial charge is 0.244 e. The second-order valence-corrected chi connectivity index (χ2v) is 6.41. The van der Waals surface area contributed by atoms with E-state index >= 15 is 0 Å². The van der Waals surface area contributed by atoms with Gasteiger partial charge in [-0.05, 0) is 38.7 Å². The fourth-order valence-corrected chi connectivity index (χ4v) is 2.94. The van der Waals surface area contributed by atoms with Crippen molar-refractivity contribution in [2.75, 3.05) is 7.05 Å². The summed E-state index contributed by atoms with van der Waals surface area (Å²) in [5.41, 5.74) is 4.12. The molecular weight excluding hydrogens is 292 g/mol. The normalized spacial score (nSPS) is 14.3. The molecular formula is C17H24N4O2. The first kappa shape index (κ1) is 15.8. The molecule has 0 spiro atoms. The largest absolute Gasteiger partial charge is 0.361 e. The standard InChI is InChI=1S/C17H24N4O2/c1-5-15-11(2)18-21(12(15)3)10-17(22)20(4)9-14-8-16(23-19-14)13-6-7-13/h8,13H,5-7,9-10H2,1-4H3. The summed E-state index contributed by atoms with van der Waals surface area (Å²) in [7, 11) is 1.79. The lowest BCUT2D eigenvalue weighted by atomic mass is 10.1. The average molecular weight is 316 g/mol. The third-order valence-corrected chi connectivity index (χ3v) is 4.55. The molecule has 2 aromatic heterocycles. The lowest BCUT2D eigenvalue weighted by molar-refractivity contribution is -0.131. The topological polar surface area (TPSA) is 64.2 Å². The summed E-state index contributed by atoms with van der Waals surface area (Å²) >= 11 is 0. The van der Waals surface area contributed by atoms with Crippen LogP contribution in [-0.2, 0) is 24.3 Å². The van der Waals surface area contributed by atoms with Crippen molar-refractivity contribution in [3.05, 3.63) is 34.5 Å². The van der Waals surface area contributed by atoms with Gasteiger partial charge in [0.05, 0.1) is 12.2 Å². The number of aromatic nitrogens is 3. The van der Waals surface area contributed by atoms with Crippen LogP contribution in [0, 0.1) is 13.8 Å². The summed E-state index contributed by atoms with van der Waals surface area (Å²) in [5.74, 6) is 1.51. The SMILES string of the molecule is CCc1c(C)nn(CC(=O)N(C)Cc2cc(C3CC3)on2)c1C. The van der Waals surface area contributed by atoms with Gasteiger partial charge in [0.2, 0.25) is 5.91 Å². The zero-order chi connectivity index (χ0) is 16.6. The van der Waals surface area contributed by atoms with Crippen LogP contribution < -0.4 is 0 Å². The second kappa shape index (κ2) is 6.18. The van der Waals surface area contributed by atoms with Gasteiger partial charge >= 0.3 is 0 Å². The number of nitrogens with zero attached hydrogens (tertiary/aromatic N) is 4. The van der Waals surface area contributed by atoms with E-state index < -0.39 is 0 Å². The molecule has 3 rings (SSSR count). The Morgan fingerprint density at radius 2 is 2.17 bits per heavy atom. The summed E-state index contributed by atoms with van der Waals surface area (Å²) in [6, 6.07) is 1.97. The minimum absolute atomic E-state index is 0.0224. The van der Waals surface area contributed by atoms with Crippen molar-refractivity contribution in [2.24, 2.45) is 0 Å². The number of carbonyl (C=O) groups excluding carboxylic acids is 1. The molecule has 2 aromatic rings. The van der Waals surface area contributed by atoms with Gasteiger partial charge in [0.1, 0.15) is 18.0 Å². The molecule has 23 heavy (non-hydrogen) atoms. The van der Waals surface area contributed by atoms with Gasteiger partial charge in [-0.1, -0.05) is 12.1 Å². The van der Waals surface area contributed by atoms with Crippen molar-refractivity contribution in [3.63, 3.8) is 0 Å². The monoisotopic (exact) mass is 316 g/mol. The third kappa shape index (κ3) is 3.30. The predicted octanol–water partition coefficient (Wildman–Crippen LogP) is 2.59. The first-order chi connectivity index (χ1) is 11.0. The molecule has 1 aliphatic rings. The number of hydrogen-bond acceptors (Lipinski definition) is 4. The van der Waals surface area contributed by atoms with E-state index in [-0.39, 0.29) is 12.5 Å². The molecule has 1 amide bonds. The van der Waals surface area contributed by atoms with Crippen LogP contribution in [0.15, 0.2) is 10.6 Å². The molecule has 1 fully saturated rings. The summed E-state index contributed by atoms with van der Waals surface area (Å²) in [4.78, 5) is 14.1. The summed E-state index contributed by atoms with van der Waals surface area (Å²) < 4.78 is 7.13. The van der Waals surface area contributed by atoms with Crippen LogP contribution in [0.3, 0.4) is 0 Å². The van der Waals surface area contributed by atoms with Crippen LogP contribution in [-0.4, -0.2) is 32.8 Å². The van der Waals surface area contributed by atoms with Gasteiger partial charge in [-0.3, -0.25) is 9.48 Å². The van der Waals surface area contributed by atoms with Crippen LogP contribution in [0.5, 0.6) is 0 Å². The highest BCUT2D eigenvalue weighted by molar-refractivity contribution is 5.75. The van der Waals surface area contributed by atoms with Gasteiger partial charge in [-0.2, -0.15) is 5.10 Å². The lowest BCUT2D eigenvalue weighted by Crippen LogP contribution is -2.30. The van der Waals surface area contributed by atoms with Crippen LogP contribution in [0.4, 0.5) is 0 Å². The first-order valence-corrected chi connectivity index (χ1v) is 8.22. The summed E-state index contributed by atoms with van der Waals surface area (Å²) in [5, 5.41) is 8.55. The fourth-order valence-electron chi connectivity index (χ4n) is 2.94. The van der Waals surface area contributed by atoms with Gasteiger partial charge in [0.15, 0.2) is 0 Å². The molecule has 0 aromatic carbocycles. The Balaban J connectivity index is 1.62. The van der Waals surface area contributed by atoms with Crippen molar-refractivity contribution in [1.82, 2.24) is 19.8 Å². The van der Waals surface area contributed by atoms with E-state index in [1.54, 1.807) is 16.6 Å². The average Bonchev–Trinajstić information content (AvgIpc) is 3.20. The molecule has 0 saturated heterocycles. The molecule has 1 aliphatic carbocycles. The molecule has 6 heteroatoms. The molecule has 6 nitrogen and oxygen atoms in total. The van der Waals surface area contributed by atoms with E-state index in [4.69, 9.17) is 4.52 Å². The third-order valence-electron chi connectivity index (χ3n) is 4.55. The number of aryl methyl sites for hydroxylation is 1. The van der Waals surface area contributed by atoms with Crippen molar-refractivity contribution < 1.29 is 9.32 Å². The van der Waals surface area contributed by atoms with Crippen molar-refractivity contribution in [3.8, 4) is 0 Å². The van der Waals surface area contributed by atoms with E-state index in [9.17, 15) is 4.79 Å². The lowest BCUT2D eigenvalue weighted by Gasteiger charge is -2.16. The molecule has 0 unspecified atom stereocenters. The van der Waals surface area contributed by atoms with Crippen LogP contribution in [0.2, 0.25) is 0 Å². The first-order valence-electron chi connectivity index (χ1n) is 8.22. The maximum Gasteiger partial charge on any atom is 0.244 e. The van der Waals surface area contributed by atoms with E-state index in [1.165, 1.54) is 18.4 Å². The van der Waals surface area contributed by atoms with E-state index in [1.807, 2.05) is 19.9 Å². The molecule has 0 atom stereocenters. The highest BCUT2D eigenvalue weighted by Gasteiger charge is 2.28. The van der Waals surface area contributed by atoms with Gasteiger partial charge in [-0.25, -0.2) is 0 Å². The van der Waals surface area contributed by atoms with E-state index in [2.05, 4.69) is 17.2 Å². The summed E-state index contributed by atoms with van der Waals surface area (Å²) in [6.45, 7) is 6.85. The van der Waals surface area contributed by atoms with Crippen molar-refractivity contribution in [2.45, 2.75) is 59.0 Å². The zero-order valence-corrected chi connectivity index (χ0v) is 14.3. The molecule has 0 aliphatic heterocycles. The Morgan fingerprint density at radius 3 is 2.78 bits per heavy atom. The number of likely N-dealkylation sites (N-methyl/N-ethyl adjacent to an activating group) is 1. The highest BCUT2D eigenvalue weighted by atomic mass is 16.5. The van der Waals surface area contributed by atoms with Crippen LogP contribution >= 0.6 is 0 Å². The number of amides is 1. The number of hydrogen-bond donors (Lipinski definition) is 0. The second-order valence-electron chi connectivity index (χ2n) is 6.41. The Bertz CT molecular complexity index is 712. The molecule has 2 heterocycles. The maximum absolute atomic E-state index is 12.4. The van der Waals surface area contributed by atoms with Gasteiger partial charge in [0.25, 0.3) is 0 Å². The summed E-state index contributed by atoms with van der Waals surface area (Å²) in [6.07, 6.45) is 3.30. The molecule has 1 saturated carbocycles. The fraction of sp³-hybridized carbons (Fsp3) is 0.588. The molecule has 124 valence electrons. The van der Waals surface area contributed by atoms with Crippen LogP contribution in [0.1, 0.15) is 54.1 Å².